The Kier molecular flexibility index (Phi) is 4.31. The maximum absolute atomic E-state index is 12.2. The zero-order valence-electron chi connectivity index (χ0n) is 8.14. The van der Waals surface area contributed by atoms with E-state index in [0.717, 1.165) is 8.95 Å². The first-order valence-electron chi connectivity index (χ1n) is 4.43. The number of halogens is 4. The Labute approximate surface area is 129 Å². The first-order valence-corrected chi connectivity index (χ1v) is 7.59. The van der Waals surface area contributed by atoms with Gasteiger partial charge in [0.25, 0.3) is 0 Å². The molecule has 88 valence electrons. The molecule has 2 aromatic rings. The molecule has 0 aliphatic heterocycles. The van der Waals surface area contributed by atoms with E-state index in [1.165, 1.54) is 11.3 Å². The quantitative estimate of drug-likeness (QED) is 0.566. The summed E-state index contributed by atoms with van der Waals surface area (Å²) in [7, 11) is 0. The summed E-state index contributed by atoms with van der Waals surface area (Å²) >= 11 is 19.7. The first-order chi connectivity index (χ1) is 7.99. The Morgan fingerprint density at radius 3 is 2.41 bits per heavy atom. The van der Waals surface area contributed by atoms with Gasteiger partial charge in [-0.25, -0.2) is 0 Å². The number of thiophene rings is 1. The zero-order valence-corrected chi connectivity index (χ0v) is 13.6. The van der Waals surface area contributed by atoms with Gasteiger partial charge in [-0.1, -0.05) is 39.1 Å². The highest BCUT2D eigenvalue weighted by atomic mass is 79.9. The molecule has 0 saturated carbocycles. The number of hydrogen-bond acceptors (Lipinski definition) is 2. The highest BCUT2D eigenvalue weighted by Crippen LogP contribution is 2.34. The third kappa shape index (κ3) is 2.93. The minimum atomic E-state index is -0.125. The maximum atomic E-state index is 12.2. The van der Waals surface area contributed by atoms with E-state index in [9.17, 15) is 4.79 Å². The summed E-state index contributed by atoms with van der Waals surface area (Å²) in [6.07, 6.45) is 0. The molecule has 0 spiro atoms. The molecule has 0 saturated heterocycles. The predicted octanol–water partition coefficient (Wildman–Crippen LogP) is 5.81. The van der Waals surface area contributed by atoms with Crippen molar-refractivity contribution in [1.82, 2.24) is 0 Å². The molecule has 0 bridgehead atoms. The Balaban J connectivity index is 2.43. The molecule has 0 aliphatic rings. The van der Waals surface area contributed by atoms with E-state index in [4.69, 9.17) is 23.2 Å². The molecular weight excluding hydrogens is 411 g/mol. The fourth-order valence-corrected chi connectivity index (χ4v) is 3.68. The van der Waals surface area contributed by atoms with E-state index < -0.39 is 0 Å². The lowest BCUT2D eigenvalue weighted by Crippen LogP contribution is -1.99. The van der Waals surface area contributed by atoms with Crippen LogP contribution in [0.2, 0.25) is 9.36 Å². The van der Waals surface area contributed by atoms with Crippen LogP contribution in [0.25, 0.3) is 0 Å². The molecule has 0 N–H and O–H groups in total. The van der Waals surface area contributed by atoms with Crippen LogP contribution in [-0.2, 0) is 0 Å². The molecule has 1 aromatic heterocycles. The van der Waals surface area contributed by atoms with Crippen LogP contribution in [0.3, 0.4) is 0 Å². The molecule has 2 rings (SSSR count). The van der Waals surface area contributed by atoms with Gasteiger partial charge in [-0.05, 0) is 40.2 Å². The number of benzene rings is 1. The SMILES string of the molecule is O=C(c1cc(Br)c(Cl)s1)c1ccc(Br)cc1Cl. The van der Waals surface area contributed by atoms with Crippen molar-refractivity contribution in [2.75, 3.05) is 0 Å². The summed E-state index contributed by atoms with van der Waals surface area (Å²) in [5.41, 5.74) is 0.472. The van der Waals surface area contributed by atoms with E-state index in [-0.39, 0.29) is 5.78 Å². The monoisotopic (exact) mass is 412 g/mol. The first kappa shape index (κ1) is 13.6. The largest absolute Gasteiger partial charge is 0.288 e. The van der Waals surface area contributed by atoms with Crippen molar-refractivity contribution in [2.24, 2.45) is 0 Å². The van der Waals surface area contributed by atoms with Crippen molar-refractivity contribution in [2.45, 2.75) is 0 Å². The molecule has 1 nitrogen and oxygen atoms in total. The smallest absolute Gasteiger partial charge is 0.204 e. The summed E-state index contributed by atoms with van der Waals surface area (Å²) < 4.78 is 2.12. The third-order valence-corrected chi connectivity index (χ3v) is 5.32. The van der Waals surface area contributed by atoms with Crippen molar-refractivity contribution >= 4 is 72.2 Å². The Morgan fingerprint density at radius 2 is 1.88 bits per heavy atom. The van der Waals surface area contributed by atoms with E-state index in [1.807, 2.05) is 0 Å². The molecule has 0 atom stereocenters. The number of rotatable bonds is 2. The van der Waals surface area contributed by atoms with Crippen molar-refractivity contribution in [3.8, 4) is 0 Å². The van der Waals surface area contributed by atoms with Crippen LogP contribution in [-0.4, -0.2) is 5.78 Å². The second kappa shape index (κ2) is 5.41. The van der Waals surface area contributed by atoms with Gasteiger partial charge in [0.05, 0.1) is 9.90 Å². The van der Waals surface area contributed by atoms with Gasteiger partial charge in [-0.15, -0.1) is 11.3 Å². The van der Waals surface area contributed by atoms with Gasteiger partial charge in [0.2, 0.25) is 5.78 Å². The highest BCUT2D eigenvalue weighted by Gasteiger charge is 2.16. The van der Waals surface area contributed by atoms with Crippen molar-refractivity contribution < 1.29 is 4.79 Å². The van der Waals surface area contributed by atoms with Gasteiger partial charge in [0, 0.05) is 14.5 Å². The molecule has 6 heteroatoms. The lowest BCUT2D eigenvalue weighted by Gasteiger charge is -2.01. The van der Waals surface area contributed by atoms with E-state index in [0.29, 0.717) is 19.8 Å². The van der Waals surface area contributed by atoms with Gasteiger partial charge in [0.1, 0.15) is 4.34 Å². The van der Waals surface area contributed by atoms with Crippen LogP contribution in [0, 0.1) is 0 Å². The third-order valence-electron chi connectivity index (χ3n) is 2.04. The van der Waals surface area contributed by atoms with Crippen LogP contribution in [0.5, 0.6) is 0 Å². The van der Waals surface area contributed by atoms with Gasteiger partial charge in [-0.2, -0.15) is 0 Å². The number of carbonyl (C=O) groups is 1. The van der Waals surface area contributed by atoms with Gasteiger partial charge < -0.3 is 0 Å². The average Bonchev–Trinajstić information content (AvgIpc) is 2.58. The zero-order chi connectivity index (χ0) is 12.6. The average molecular weight is 415 g/mol. The summed E-state index contributed by atoms with van der Waals surface area (Å²) in [5.74, 6) is -0.125. The lowest BCUT2D eigenvalue weighted by atomic mass is 10.1. The van der Waals surface area contributed by atoms with Crippen LogP contribution in [0.4, 0.5) is 0 Å². The number of carbonyl (C=O) groups excluding carboxylic acids is 1. The minimum absolute atomic E-state index is 0.125. The topological polar surface area (TPSA) is 17.1 Å². The summed E-state index contributed by atoms with van der Waals surface area (Å²) in [5, 5.41) is 0.421. The highest BCUT2D eigenvalue weighted by molar-refractivity contribution is 9.10. The van der Waals surface area contributed by atoms with Crippen molar-refractivity contribution in [1.29, 1.82) is 0 Å². The Hall–Kier alpha value is 0.130. The standard InChI is InChI=1S/C11H4Br2Cl2OS/c12-5-1-2-6(8(14)3-5)10(16)9-4-7(13)11(15)17-9/h1-4H. The van der Waals surface area contributed by atoms with Crippen LogP contribution >= 0.6 is 66.4 Å². The van der Waals surface area contributed by atoms with Crippen LogP contribution < -0.4 is 0 Å². The fraction of sp³-hybridized carbons (Fsp3) is 0. The predicted molar refractivity (Wildman–Crippen MR) is 79.6 cm³/mol. The van der Waals surface area contributed by atoms with Crippen molar-refractivity contribution in [3.63, 3.8) is 0 Å². The molecule has 1 aromatic carbocycles. The second-order valence-corrected chi connectivity index (χ2v) is 7.02. The molecule has 0 fully saturated rings. The summed E-state index contributed by atoms with van der Waals surface area (Å²) in [6, 6.07) is 6.87. The van der Waals surface area contributed by atoms with E-state index in [1.54, 1.807) is 24.3 Å². The number of ketones is 1. The molecule has 0 amide bonds. The molecule has 17 heavy (non-hydrogen) atoms. The lowest BCUT2D eigenvalue weighted by molar-refractivity contribution is 0.104. The van der Waals surface area contributed by atoms with E-state index in [2.05, 4.69) is 31.9 Å². The van der Waals surface area contributed by atoms with E-state index >= 15 is 0 Å². The van der Waals surface area contributed by atoms with Gasteiger partial charge in [0.15, 0.2) is 0 Å². The Bertz CT molecular complexity index is 576. The second-order valence-electron chi connectivity index (χ2n) is 3.19. The summed E-state index contributed by atoms with van der Waals surface area (Å²) in [4.78, 5) is 12.7. The molecule has 0 radical (unpaired) electrons. The van der Waals surface area contributed by atoms with Crippen LogP contribution in [0.1, 0.15) is 15.2 Å². The Morgan fingerprint density at radius 1 is 1.18 bits per heavy atom. The van der Waals surface area contributed by atoms with Gasteiger partial charge >= 0.3 is 0 Å². The summed E-state index contributed by atoms with van der Waals surface area (Å²) in [6.45, 7) is 0. The maximum Gasteiger partial charge on any atom is 0.204 e. The fourth-order valence-electron chi connectivity index (χ4n) is 1.26. The van der Waals surface area contributed by atoms with Gasteiger partial charge in [-0.3, -0.25) is 4.79 Å². The molecule has 0 unspecified atom stereocenters. The van der Waals surface area contributed by atoms with Crippen molar-refractivity contribution in [3.05, 3.63) is 53.0 Å². The number of hydrogen-bond donors (Lipinski definition) is 0. The van der Waals surface area contributed by atoms with Crippen LogP contribution in [0.15, 0.2) is 33.2 Å². The molecule has 0 aliphatic carbocycles. The molecular formula is C11H4Br2Cl2OS. The minimum Gasteiger partial charge on any atom is -0.288 e. The normalized spacial score (nSPS) is 10.6. The molecule has 1 heterocycles.